The lowest BCUT2D eigenvalue weighted by Crippen LogP contribution is -2.40. The number of aliphatic hydroxyl groups excluding tert-OH is 1. The molecular formula is C36H46N2O6P+. The number of aliphatic hydroxyl groups is 1. The summed E-state index contributed by atoms with van der Waals surface area (Å²) in [7, 11) is -2.06. The molecule has 1 aliphatic rings. The van der Waals surface area contributed by atoms with Crippen LogP contribution in [0.15, 0.2) is 78.9 Å². The zero-order valence-corrected chi connectivity index (χ0v) is 27.3. The van der Waals surface area contributed by atoms with Gasteiger partial charge < -0.3 is 14.7 Å². The summed E-state index contributed by atoms with van der Waals surface area (Å²) >= 11 is 0. The van der Waals surface area contributed by atoms with Crippen LogP contribution in [0.4, 0.5) is 16.2 Å². The Labute approximate surface area is 268 Å². The van der Waals surface area contributed by atoms with Crippen molar-refractivity contribution >= 4 is 31.4 Å². The second kappa shape index (κ2) is 17.8. The first-order valence-corrected chi connectivity index (χ1v) is 17.3. The molecule has 3 atom stereocenters. The van der Waals surface area contributed by atoms with Gasteiger partial charge >= 0.3 is 14.1 Å². The van der Waals surface area contributed by atoms with Crippen LogP contribution in [0.3, 0.4) is 0 Å². The van der Waals surface area contributed by atoms with Crippen molar-refractivity contribution in [2.24, 2.45) is 5.92 Å². The van der Waals surface area contributed by atoms with Gasteiger partial charge in [-0.25, -0.2) is 4.79 Å². The van der Waals surface area contributed by atoms with Crippen molar-refractivity contribution in [1.29, 1.82) is 0 Å². The Morgan fingerprint density at radius 2 is 1.58 bits per heavy atom. The Morgan fingerprint density at radius 1 is 0.933 bits per heavy atom. The van der Waals surface area contributed by atoms with E-state index in [0.717, 1.165) is 48.8 Å². The zero-order valence-electron chi connectivity index (χ0n) is 26.4. The minimum atomic E-state index is -2.06. The summed E-state index contributed by atoms with van der Waals surface area (Å²) in [5.74, 6) is 0.0185. The number of benzene rings is 3. The van der Waals surface area contributed by atoms with Crippen LogP contribution in [0.25, 0.3) is 0 Å². The van der Waals surface area contributed by atoms with Gasteiger partial charge in [-0.3, -0.25) is 10.1 Å². The van der Waals surface area contributed by atoms with Gasteiger partial charge in [0.2, 0.25) is 5.91 Å². The van der Waals surface area contributed by atoms with Crippen LogP contribution in [-0.4, -0.2) is 35.4 Å². The third kappa shape index (κ3) is 10.5. The minimum Gasteiger partial charge on any atom is -0.444 e. The van der Waals surface area contributed by atoms with Gasteiger partial charge in [-0.05, 0) is 53.5 Å². The van der Waals surface area contributed by atoms with Gasteiger partial charge in [0.1, 0.15) is 13.2 Å². The summed E-state index contributed by atoms with van der Waals surface area (Å²) < 4.78 is 25.0. The summed E-state index contributed by atoms with van der Waals surface area (Å²) in [6.45, 7) is 4.13. The number of carbonyl (C=O) groups is 2. The monoisotopic (exact) mass is 633 g/mol. The van der Waals surface area contributed by atoms with Crippen molar-refractivity contribution in [3.8, 4) is 0 Å². The largest absolute Gasteiger partial charge is 0.512 e. The second-order valence-electron chi connectivity index (χ2n) is 11.8. The quantitative estimate of drug-likeness (QED) is 0.163. The highest BCUT2D eigenvalue weighted by atomic mass is 31.1. The van der Waals surface area contributed by atoms with Crippen LogP contribution in [0.2, 0.25) is 0 Å². The Kier molecular flexibility index (Phi) is 13.6. The molecule has 4 rings (SSSR count). The number of hydrogen-bond donors (Lipinski definition) is 2. The Morgan fingerprint density at radius 3 is 2.22 bits per heavy atom. The molecule has 0 spiro atoms. The van der Waals surface area contributed by atoms with E-state index in [4.69, 9.17) is 9.26 Å². The zero-order chi connectivity index (χ0) is 32.0. The minimum absolute atomic E-state index is 0.00110. The van der Waals surface area contributed by atoms with Crippen molar-refractivity contribution in [1.82, 2.24) is 0 Å². The predicted octanol–water partition coefficient (Wildman–Crippen LogP) is 8.54. The predicted molar refractivity (Wildman–Crippen MR) is 179 cm³/mol. The van der Waals surface area contributed by atoms with Crippen LogP contribution in [0.5, 0.6) is 0 Å². The molecule has 240 valence electrons. The molecule has 1 aliphatic carbocycles. The first kappa shape index (κ1) is 34.3. The molecule has 0 heterocycles. The van der Waals surface area contributed by atoms with Gasteiger partial charge in [0.05, 0.1) is 24.0 Å². The third-order valence-electron chi connectivity index (χ3n) is 8.32. The first-order chi connectivity index (χ1) is 21.9. The molecule has 0 saturated heterocycles. The molecule has 0 aliphatic heterocycles. The molecule has 45 heavy (non-hydrogen) atoms. The van der Waals surface area contributed by atoms with Crippen molar-refractivity contribution < 1.29 is 28.5 Å². The Bertz CT molecular complexity index is 1380. The summed E-state index contributed by atoms with van der Waals surface area (Å²) in [6.07, 6.45) is 4.76. The number of nitrogens with one attached hydrogen (secondary N) is 1. The maximum Gasteiger partial charge on any atom is 0.512 e. The summed E-state index contributed by atoms with van der Waals surface area (Å²) in [5, 5.41) is 14.3. The van der Waals surface area contributed by atoms with E-state index in [1.165, 1.54) is 0 Å². The number of anilines is 2. The SMILES string of the molecule is CCCC(=O)N(CC(O)CC(C1CCCCC1)[P+](=O)OCc1ccccc1)c1cccc(C)c1NC(=O)OCc1ccccc1. The van der Waals surface area contributed by atoms with E-state index >= 15 is 0 Å². The average Bonchev–Trinajstić information content (AvgIpc) is 3.06. The van der Waals surface area contributed by atoms with E-state index in [1.54, 1.807) is 11.0 Å². The van der Waals surface area contributed by atoms with Gasteiger partial charge in [0, 0.05) is 18.8 Å². The normalized spacial score (nSPS) is 15.1. The molecular weight excluding hydrogens is 587 g/mol. The number of para-hydroxylation sites is 1. The fraction of sp³-hybridized carbons (Fsp3) is 0.444. The lowest BCUT2D eigenvalue weighted by atomic mass is 9.85. The molecule has 3 aromatic rings. The van der Waals surface area contributed by atoms with Crippen LogP contribution in [0.1, 0.15) is 75.0 Å². The fourth-order valence-electron chi connectivity index (χ4n) is 5.93. The highest BCUT2D eigenvalue weighted by molar-refractivity contribution is 7.40. The van der Waals surface area contributed by atoms with Gasteiger partial charge in [-0.2, -0.15) is 0 Å². The molecule has 1 fully saturated rings. The molecule has 0 bridgehead atoms. The average molecular weight is 634 g/mol. The second-order valence-corrected chi connectivity index (χ2v) is 13.3. The van der Waals surface area contributed by atoms with Crippen molar-refractivity contribution in [3.63, 3.8) is 0 Å². The topological polar surface area (TPSA) is 105 Å². The van der Waals surface area contributed by atoms with E-state index in [2.05, 4.69) is 5.32 Å². The molecule has 3 unspecified atom stereocenters. The number of rotatable bonds is 15. The number of hydrogen-bond acceptors (Lipinski definition) is 6. The number of ether oxygens (including phenoxy) is 1. The van der Waals surface area contributed by atoms with E-state index < -0.39 is 20.2 Å². The van der Waals surface area contributed by atoms with Crippen molar-refractivity contribution in [2.75, 3.05) is 16.8 Å². The van der Waals surface area contributed by atoms with E-state index in [0.29, 0.717) is 17.8 Å². The van der Waals surface area contributed by atoms with Crippen molar-refractivity contribution in [3.05, 3.63) is 95.6 Å². The highest BCUT2D eigenvalue weighted by Crippen LogP contribution is 2.44. The standard InChI is InChI=1S/C36H45N2O6P/c1-3-14-34(40)38(32-22-13-15-27(2)35(32)37-36(41)43-25-28-16-7-4-8-17-28)24-31(39)23-33(30-20-11-6-12-21-30)45(42)44-26-29-18-9-5-10-19-29/h4-5,7-10,13,15-19,22,30-31,33,39H,3,6,11-12,14,20-21,23-26H2,1-2H3/p+1. The molecule has 9 heteroatoms. The first-order valence-electron chi connectivity index (χ1n) is 16.0. The Hall–Kier alpha value is -3.58. The Balaban J connectivity index is 1.50. The number of aryl methyl sites for hydroxylation is 1. The number of amides is 2. The van der Waals surface area contributed by atoms with E-state index in [9.17, 15) is 19.3 Å². The smallest absolute Gasteiger partial charge is 0.444 e. The van der Waals surface area contributed by atoms with Crippen molar-refractivity contribution in [2.45, 2.75) is 90.2 Å². The van der Waals surface area contributed by atoms with Gasteiger partial charge in [0.15, 0.2) is 5.66 Å². The maximum absolute atomic E-state index is 13.6. The van der Waals surface area contributed by atoms with E-state index in [-0.39, 0.29) is 50.1 Å². The van der Waals surface area contributed by atoms with Crippen LogP contribution in [0, 0.1) is 12.8 Å². The van der Waals surface area contributed by atoms with Gasteiger partial charge in [-0.1, -0.05) is 99.0 Å². The molecule has 8 nitrogen and oxygen atoms in total. The van der Waals surface area contributed by atoms with Crippen LogP contribution in [-0.2, 0) is 31.8 Å². The van der Waals surface area contributed by atoms with Gasteiger partial charge in [-0.15, -0.1) is 4.52 Å². The van der Waals surface area contributed by atoms with E-state index in [1.807, 2.05) is 86.6 Å². The summed E-state index contributed by atoms with van der Waals surface area (Å²) in [5.41, 5.74) is 3.17. The summed E-state index contributed by atoms with van der Waals surface area (Å²) in [6, 6.07) is 24.5. The highest BCUT2D eigenvalue weighted by Gasteiger charge is 2.42. The van der Waals surface area contributed by atoms with Crippen LogP contribution < -0.4 is 10.2 Å². The molecule has 0 aromatic heterocycles. The molecule has 3 aromatic carbocycles. The van der Waals surface area contributed by atoms with Gasteiger partial charge in [0.25, 0.3) is 0 Å². The van der Waals surface area contributed by atoms with Crippen LogP contribution >= 0.6 is 8.03 Å². The lowest BCUT2D eigenvalue weighted by Gasteiger charge is -2.30. The number of nitrogens with zero attached hydrogens (tertiary/aromatic N) is 1. The third-order valence-corrected chi connectivity index (χ3v) is 9.88. The lowest BCUT2D eigenvalue weighted by molar-refractivity contribution is -0.119. The maximum atomic E-state index is 13.6. The summed E-state index contributed by atoms with van der Waals surface area (Å²) in [4.78, 5) is 27.9. The number of carbonyl (C=O) groups excluding carboxylic acids is 2. The molecule has 0 radical (unpaired) electrons. The molecule has 2 N–H and O–H groups in total. The molecule has 1 saturated carbocycles. The fourth-order valence-corrected chi connectivity index (χ4v) is 7.45. The molecule has 2 amide bonds.